The van der Waals surface area contributed by atoms with Gasteiger partial charge in [-0.05, 0) is 65.0 Å². The Kier molecular flexibility index (Phi) is 5.57. The van der Waals surface area contributed by atoms with Gasteiger partial charge in [0.25, 0.3) is 5.91 Å². The second-order valence-corrected chi connectivity index (χ2v) is 7.40. The molecule has 0 atom stereocenters. The third kappa shape index (κ3) is 4.02. The van der Waals surface area contributed by atoms with Crippen molar-refractivity contribution in [1.29, 1.82) is 0 Å². The van der Waals surface area contributed by atoms with E-state index in [9.17, 15) is 4.79 Å². The number of tetrazole rings is 1. The fraction of sp³-hybridized carbons (Fsp3) is 0.0800. The average Bonchev–Trinajstić information content (AvgIpc) is 3.43. The molecule has 1 amide bonds. The van der Waals surface area contributed by atoms with E-state index in [1.807, 2.05) is 54.6 Å². The molecule has 168 valence electrons. The number of amides is 1. The average molecular weight is 452 g/mol. The summed E-state index contributed by atoms with van der Waals surface area (Å²) >= 11 is 0. The van der Waals surface area contributed by atoms with Gasteiger partial charge in [-0.25, -0.2) is 9.67 Å². The Hall–Kier alpha value is -4.79. The first-order valence-electron chi connectivity index (χ1n) is 10.4. The molecule has 0 radical (unpaired) electrons. The zero-order valence-electron chi connectivity index (χ0n) is 18.5. The number of fused-ring (bicyclic) bond motifs is 1. The Morgan fingerprint density at radius 3 is 2.44 bits per heavy atom. The predicted molar refractivity (Wildman–Crippen MR) is 127 cm³/mol. The van der Waals surface area contributed by atoms with Crippen LogP contribution in [0.2, 0.25) is 0 Å². The van der Waals surface area contributed by atoms with Crippen LogP contribution >= 0.6 is 0 Å². The molecule has 9 nitrogen and oxygen atoms in total. The van der Waals surface area contributed by atoms with E-state index in [1.165, 1.54) is 11.0 Å². The standard InChI is InChI=1S/C25H20N6O3/c1-33-23-12-7-16(13-24(23)34-2)22-14-20(19-5-3-4-6-21(19)28-22)25(32)27-17-8-10-18(11-9-17)31-15-26-29-30-31/h3-15H,1-2H3,(H,27,32). The van der Waals surface area contributed by atoms with Crippen LogP contribution in [0.5, 0.6) is 11.5 Å². The lowest BCUT2D eigenvalue weighted by Gasteiger charge is -2.13. The van der Waals surface area contributed by atoms with E-state index in [4.69, 9.17) is 14.5 Å². The van der Waals surface area contributed by atoms with Gasteiger partial charge in [-0.3, -0.25) is 4.79 Å². The summed E-state index contributed by atoms with van der Waals surface area (Å²) in [5.74, 6) is 0.967. The highest BCUT2D eigenvalue weighted by Crippen LogP contribution is 2.33. The number of hydrogen-bond acceptors (Lipinski definition) is 7. The van der Waals surface area contributed by atoms with Crippen LogP contribution in [0.3, 0.4) is 0 Å². The number of carbonyl (C=O) groups excluding carboxylic acids is 1. The van der Waals surface area contributed by atoms with E-state index in [0.717, 1.165) is 16.6 Å². The summed E-state index contributed by atoms with van der Waals surface area (Å²) in [4.78, 5) is 18.1. The number of benzene rings is 3. The lowest BCUT2D eigenvalue weighted by Crippen LogP contribution is -2.13. The molecule has 0 fully saturated rings. The molecule has 0 bridgehead atoms. The highest BCUT2D eigenvalue weighted by Gasteiger charge is 2.16. The van der Waals surface area contributed by atoms with Crippen LogP contribution in [-0.4, -0.2) is 45.3 Å². The van der Waals surface area contributed by atoms with E-state index >= 15 is 0 Å². The van der Waals surface area contributed by atoms with E-state index < -0.39 is 0 Å². The van der Waals surface area contributed by atoms with Crippen LogP contribution in [0.15, 0.2) is 79.1 Å². The molecule has 0 unspecified atom stereocenters. The maximum Gasteiger partial charge on any atom is 0.256 e. The van der Waals surface area contributed by atoms with Gasteiger partial charge in [-0.2, -0.15) is 0 Å². The first-order chi connectivity index (χ1) is 16.7. The second-order valence-electron chi connectivity index (χ2n) is 7.40. The zero-order chi connectivity index (χ0) is 23.5. The quantitative estimate of drug-likeness (QED) is 0.413. The summed E-state index contributed by atoms with van der Waals surface area (Å²) in [6, 6.07) is 22.1. The van der Waals surface area contributed by atoms with Crippen LogP contribution in [-0.2, 0) is 0 Å². The van der Waals surface area contributed by atoms with E-state index in [-0.39, 0.29) is 5.91 Å². The van der Waals surface area contributed by atoms with Crippen molar-refractivity contribution in [3.8, 4) is 28.4 Å². The van der Waals surface area contributed by atoms with Crippen molar-refractivity contribution in [3.63, 3.8) is 0 Å². The maximum atomic E-state index is 13.3. The fourth-order valence-corrected chi connectivity index (χ4v) is 3.68. The van der Waals surface area contributed by atoms with Crippen molar-refractivity contribution in [2.75, 3.05) is 19.5 Å². The van der Waals surface area contributed by atoms with Crippen LogP contribution in [0.1, 0.15) is 10.4 Å². The molecule has 0 aliphatic heterocycles. The predicted octanol–water partition coefficient (Wildman–Crippen LogP) is 4.15. The minimum Gasteiger partial charge on any atom is -0.493 e. The molecule has 0 saturated carbocycles. The first kappa shape index (κ1) is 21.1. The number of aromatic nitrogens is 5. The van der Waals surface area contributed by atoms with Gasteiger partial charge in [0, 0.05) is 16.6 Å². The Morgan fingerprint density at radius 1 is 0.912 bits per heavy atom. The minimum atomic E-state index is -0.240. The number of carbonyl (C=O) groups is 1. The first-order valence-corrected chi connectivity index (χ1v) is 10.4. The molecule has 34 heavy (non-hydrogen) atoms. The van der Waals surface area contributed by atoms with Crippen molar-refractivity contribution < 1.29 is 14.3 Å². The Labute approximate surface area is 195 Å². The van der Waals surface area contributed by atoms with Crippen molar-refractivity contribution in [2.45, 2.75) is 0 Å². The van der Waals surface area contributed by atoms with Crippen LogP contribution in [0.25, 0.3) is 27.8 Å². The van der Waals surface area contributed by atoms with Crippen LogP contribution in [0.4, 0.5) is 5.69 Å². The van der Waals surface area contributed by atoms with Crippen molar-refractivity contribution in [2.24, 2.45) is 0 Å². The number of nitrogens with zero attached hydrogens (tertiary/aromatic N) is 5. The minimum absolute atomic E-state index is 0.240. The monoisotopic (exact) mass is 452 g/mol. The maximum absolute atomic E-state index is 13.3. The Morgan fingerprint density at radius 2 is 1.71 bits per heavy atom. The number of anilines is 1. The van der Waals surface area contributed by atoms with Gasteiger partial charge < -0.3 is 14.8 Å². The molecule has 2 heterocycles. The van der Waals surface area contributed by atoms with E-state index in [2.05, 4.69) is 20.8 Å². The Balaban J connectivity index is 1.51. The van der Waals surface area contributed by atoms with Gasteiger partial charge in [0.1, 0.15) is 6.33 Å². The molecule has 0 saturated heterocycles. The summed E-state index contributed by atoms with van der Waals surface area (Å²) in [6.45, 7) is 0. The highest BCUT2D eigenvalue weighted by molar-refractivity contribution is 6.13. The number of methoxy groups -OCH3 is 2. The number of para-hydroxylation sites is 1. The highest BCUT2D eigenvalue weighted by atomic mass is 16.5. The summed E-state index contributed by atoms with van der Waals surface area (Å²) in [7, 11) is 3.17. The summed E-state index contributed by atoms with van der Waals surface area (Å²) in [6.07, 6.45) is 1.51. The summed E-state index contributed by atoms with van der Waals surface area (Å²) in [5.41, 5.74) is 4.12. The van der Waals surface area contributed by atoms with E-state index in [1.54, 1.807) is 32.4 Å². The molecular weight excluding hydrogens is 432 g/mol. The third-order valence-corrected chi connectivity index (χ3v) is 5.38. The largest absolute Gasteiger partial charge is 0.493 e. The number of pyridine rings is 1. The molecule has 9 heteroatoms. The molecule has 3 aromatic carbocycles. The molecule has 5 aromatic rings. The van der Waals surface area contributed by atoms with Gasteiger partial charge in [-0.15, -0.1) is 5.10 Å². The SMILES string of the molecule is COc1ccc(-c2cc(C(=O)Nc3ccc(-n4cnnn4)cc3)c3ccccc3n2)cc1OC. The van der Waals surface area contributed by atoms with Gasteiger partial charge in [0.15, 0.2) is 11.5 Å². The van der Waals surface area contributed by atoms with Crippen LogP contribution < -0.4 is 14.8 Å². The fourth-order valence-electron chi connectivity index (χ4n) is 3.68. The number of rotatable bonds is 6. The molecule has 0 spiro atoms. The molecular formula is C25H20N6O3. The van der Waals surface area contributed by atoms with Gasteiger partial charge in [0.05, 0.1) is 36.7 Å². The van der Waals surface area contributed by atoms with E-state index in [0.29, 0.717) is 34.0 Å². The number of hydrogen-bond donors (Lipinski definition) is 1. The lowest BCUT2D eigenvalue weighted by molar-refractivity contribution is 0.102. The Bertz CT molecular complexity index is 1470. The summed E-state index contributed by atoms with van der Waals surface area (Å²) < 4.78 is 12.3. The van der Waals surface area contributed by atoms with Crippen molar-refractivity contribution in [1.82, 2.24) is 25.2 Å². The number of nitrogens with one attached hydrogen (secondary N) is 1. The molecule has 0 aliphatic carbocycles. The van der Waals surface area contributed by atoms with Crippen molar-refractivity contribution in [3.05, 3.63) is 84.7 Å². The molecule has 1 N–H and O–H groups in total. The van der Waals surface area contributed by atoms with Crippen LogP contribution in [0, 0.1) is 0 Å². The molecule has 5 rings (SSSR count). The smallest absolute Gasteiger partial charge is 0.256 e. The molecule has 0 aliphatic rings. The lowest BCUT2D eigenvalue weighted by atomic mass is 10.0. The zero-order valence-corrected chi connectivity index (χ0v) is 18.5. The summed E-state index contributed by atoms with van der Waals surface area (Å²) in [5, 5.41) is 14.9. The number of ether oxygens (including phenoxy) is 2. The second kappa shape index (κ2) is 8.99. The molecule has 2 aromatic heterocycles. The normalized spacial score (nSPS) is 10.8. The van der Waals surface area contributed by atoms with Gasteiger partial charge in [0.2, 0.25) is 0 Å². The third-order valence-electron chi connectivity index (χ3n) is 5.38. The van der Waals surface area contributed by atoms with Gasteiger partial charge in [-0.1, -0.05) is 18.2 Å². The topological polar surface area (TPSA) is 104 Å². The van der Waals surface area contributed by atoms with Gasteiger partial charge >= 0.3 is 0 Å². The van der Waals surface area contributed by atoms with Crippen molar-refractivity contribution >= 4 is 22.5 Å².